The number of hydrogen-bond donors (Lipinski definition) is 0. The number of carbonyl (C=O) groups is 4. The van der Waals surface area contributed by atoms with Crippen LogP contribution in [-0.2, 0) is 23.9 Å². The summed E-state index contributed by atoms with van der Waals surface area (Å²) in [6.07, 6.45) is 2.34. The van der Waals surface area contributed by atoms with Gasteiger partial charge in [0.25, 0.3) is 0 Å². The number of rotatable bonds is 3. The standard InChI is InChI=1S/C15H18O5/c1-7-4-10(12-6-13(18)20-15(12)19)5-11(8(2)16)14(7)9(3)17/h4,10-12,14H,5-6H2,1-3H3. The highest BCUT2D eigenvalue weighted by Crippen LogP contribution is 2.40. The van der Waals surface area contributed by atoms with Gasteiger partial charge in [-0.25, -0.2) is 0 Å². The van der Waals surface area contributed by atoms with E-state index in [1.807, 2.05) is 6.08 Å². The van der Waals surface area contributed by atoms with Gasteiger partial charge in [-0.2, -0.15) is 0 Å². The van der Waals surface area contributed by atoms with Gasteiger partial charge in [-0.15, -0.1) is 0 Å². The highest BCUT2D eigenvalue weighted by Gasteiger charge is 2.44. The number of carbonyl (C=O) groups excluding carboxylic acids is 4. The molecular weight excluding hydrogens is 260 g/mol. The molecule has 1 fully saturated rings. The fourth-order valence-electron chi connectivity index (χ4n) is 3.36. The Morgan fingerprint density at radius 2 is 1.85 bits per heavy atom. The summed E-state index contributed by atoms with van der Waals surface area (Å²) in [6, 6.07) is 0. The molecule has 2 rings (SSSR count). The van der Waals surface area contributed by atoms with Crippen LogP contribution >= 0.6 is 0 Å². The van der Waals surface area contributed by atoms with Crippen molar-refractivity contribution in [1.29, 1.82) is 0 Å². The Balaban J connectivity index is 2.30. The largest absolute Gasteiger partial charge is 0.393 e. The SMILES string of the molecule is CC(=O)C1CC(C2CC(=O)OC2=O)C=C(C)C1C(C)=O. The summed E-state index contributed by atoms with van der Waals surface area (Å²) in [4.78, 5) is 46.4. The van der Waals surface area contributed by atoms with Gasteiger partial charge in [0.15, 0.2) is 0 Å². The molecule has 0 saturated carbocycles. The van der Waals surface area contributed by atoms with Crippen LogP contribution in [0.4, 0.5) is 0 Å². The summed E-state index contributed by atoms with van der Waals surface area (Å²) in [5.74, 6) is -2.68. The van der Waals surface area contributed by atoms with Crippen LogP contribution in [0.5, 0.6) is 0 Å². The lowest BCUT2D eigenvalue weighted by Crippen LogP contribution is -2.36. The number of ketones is 2. The molecule has 0 spiro atoms. The van der Waals surface area contributed by atoms with E-state index in [1.54, 1.807) is 6.92 Å². The fraction of sp³-hybridized carbons (Fsp3) is 0.600. The van der Waals surface area contributed by atoms with E-state index in [0.29, 0.717) is 6.42 Å². The molecule has 1 aliphatic carbocycles. The molecule has 4 atom stereocenters. The molecule has 4 unspecified atom stereocenters. The molecule has 0 aromatic rings. The number of cyclic esters (lactones) is 2. The van der Waals surface area contributed by atoms with E-state index in [4.69, 9.17) is 0 Å². The maximum atomic E-state index is 11.8. The Labute approximate surface area is 117 Å². The van der Waals surface area contributed by atoms with Crippen molar-refractivity contribution in [3.05, 3.63) is 11.6 Å². The molecule has 0 aromatic heterocycles. The smallest absolute Gasteiger partial charge is 0.317 e. The van der Waals surface area contributed by atoms with Crippen LogP contribution in [0.3, 0.4) is 0 Å². The highest BCUT2D eigenvalue weighted by molar-refractivity contribution is 5.95. The molecule has 20 heavy (non-hydrogen) atoms. The lowest BCUT2D eigenvalue weighted by Gasteiger charge is -2.33. The molecule has 0 N–H and O–H groups in total. The van der Waals surface area contributed by atoms with Crippen molar-refractivity contribution in [3.8, 4) is 0 Å². The van der Waals surface area contributed by atoms with Crippen LogP contribution in [0, 0.1) is 23.7 Å². The average molecular weight is 278 g/mol. The highest BCUT2D eigenvalue weighted by atomic mass is 16.6. The van der Waals surface area contributed by atoms with E-state index < -0.39 is 29.7 Å². The normalized spacial score (nSPS) is 33.6. The number of Topliss-reactive ketones (excluding diaryl/α,β-unsaturated/α-hetero) is 2. The van der Waals surface area contributed by atoms with Crippen molar-refractivity contribution >= 4 is 23.5 Å². The van der Waals surface area contributed by atoms with Gasteiger partial charge in [-0.3, -0.25) is 19.2 Å². The zero-order chi connectivity index (χ0) is 15.0. The summed E-state index contributed by atoms with van der Waals surface area (Å²) in [7, 11) is 0. The zero-order valence-corrected chi connectivity index (χ0v) is 11.8. The summed E-state index contributed by atoms with van der Waals surface area (Å²) in [6.45, 7) is 4.75. The molecule has 0 bridgehead atoms. The Hall–Kier alpha value is -1.78. The van der Waals surface area contributed by atoms with Gasteiger partial charge in [-0.05, 0) is 33.1 Å². The van der Waals surface area contributed by atoms with Crippen molar-refractivity contribution in [2.75, 3.05) is 0 Å². The average Bonchev–Trinajstić information content (AvgIpc) is 2.66. The lowest BCUT2D eigenvalue weighted by atomic mass is 9.68. The van der Waals surface area contributed by atoms with Crippen molar-refractivity contribution in [1.82, 2.24) is 0 Å². The van der Waals surface area contributed by atoms with Crippen LogP contribution in [-0.4, -0.2) is 23.5 Å². The van der Waals surface area contributed by atoms with Gasteiger partial charge in [0.1, 0.15) is 11.6 Å². The van der Waals surface area contributed by atoms with Crippen LogP contribution < -0.4 is 0 Å². The van der Waals surface area contributed by atoms with Gasteiger partial charge in [0.2, 0.25) is 0 Å². The first-order valence-corrected chi connectivity index (χ1v) is 6.75. The van der Waals surface area contributed by atoms with Crippen molar-refractivity contribution in [2.24, 2.45) is 23.7 Å². The molecule has 108 valence electrons. The van der Waals surface area contributed by atoms with E-state index >= 15 is 0 Å². The summed E-state index contributed by atoms with van der Waals surface area (Å²) >= 11 is 0. The molecule has 1 aliphatic heterocycles. The Bertz CT molecular complexity index is 516. The van der Waals surface area contributed by atoms with Crippen LogP contribution in [0.15, 0.2) is 11.6 Å². The van der Waals surface area contributed by atoms with Gasteiger partial charge in [0.05, 0.1) is 12.3 Å². The van der Waals surface area contributed by atoms with E-state index in [-0.39, 0.29) is 23.9 Å². The van der Waals surface area contributed by atoms with Crippen LogP contribution in [0.1, 0.15) is 33.6 Å². The summed E-state index contributed by atoms with van der Waals surface area (Å²) in [5, 5.41) is 0. The van der Waals surface area contributed by atoms with Crippen LogP contribution in [0.25, 0.3) is 0 Å². The predicted octanol–water partition coefficient (Wildman–Crippen LogP) is 1.45. The minimum atomic E-state index is -0.521. The molecule has 0 aromatic carbocycles. The molecule has 1 heterocycles. The van der Waals surface area contributed by atoms with E-state index in [1.165, 1.54) is 13.8 Å². The fourth-order valence-corrected chi connectivity index (χ4v) is 3.36. The number of hydrogen-bond acceptors (Lipinski definition) is 5. The third kappa shape index (κ3) is 2.57. The van der Waals surface area contributed by atoms with Crippen molar-refractivity contribution < 1.29 is 23.9 Å². The summed E-state index contributed by atoms with van der Waals surface area (Å²) in [5.41, 5.74) is 0.807. The quantitative estimate of drug-likeness (QED) is 0.443. The minimum Gasteiger partial charge on any atom is -0.393 e. The van der Waals surface area contributed by atoms with Crippen molar-refractivity contribution in [3.63, 3.8) is 0 Å². The van der Waals surface area contributed by atoms with E-state index in [2.05, 4.69) is 4.74 Å². The third-order valence-electron chi connectivity index (χ3n) is 4.28. The second-order valence-corrected chi connectivity index (χ2v) is 5.72. The second kappa shape index (κ2) is 5.31. The third-order valence-corrected chi connectivity index (χ3v) is 4.28. The van der Waals surface area contributed by atoms with Crippen LogP contribution in [0.2, 0.25) is 0 Å². The first kappa shape index (κ1) is 14.6. The predicted molar refractivity (Wildman–Crippen MR) is 69.4 cm³/mol. The van der Waals surface area contributed by atoms with Gasteiger partial charge < -0.3 is 4.74 Å². The maximum Gasteiger partial charge on any atom is 0.317 e. The monoisotopic (exact) mass is 278 g/mol. The van der Waals surface area contributed by atoms with Crippen molar-refractivity contribution in [2.45, 2.75) is 33.6 Å². The van der Waals surface area contributed by atoms with E-state index in [0.717, 1.165) is 5.57 Å². The molecule has 5 heteroatoms. The van der Waals surface area contributed by atoms with Gasteiger partial charge in [0, 0.05) is 11.8 Å². The lowest BCUT2D eigenvalue weighted by molar-refractivity contribution is -0.153. The minimum absolute atomic E-state index is 0.0394. The van der Waals surface area contributed by atoms with Gasteiger partial charge in [-0.1, -0.05) is 11.6 Å². The molecular formula is C15H18O5. The Morgan fingerprint density at radius 1 is 1.20 bits per heavy atom. The molecule has 0 radical (unpaired) electrons. The molecule has 5 nitrogen and oxygen atoms in total. The molecule has 0 amide bonds. The maximum absolute atomic E-state index is 11.8. The first-order chi connectivity index (χ1) is 9.31. The second-order valence-electron chi connectivity index (χ2n) is 5.72. The first-order valence-electron chi connectivity index (χ1n) is 6.75. The Kier molecular flexibility index (Phi) is 3.88. The van der Waals surface area contributed by atoms with E-state index in [9.17, 15) is 19.2 Å². The number of esters is 2. The molecule has 2 aliphatic rings. The number of allylic oxidation sites excluding steroid dienone is 2. The summed E-state index contributed by atoms with van der Waals surface area (Å²) < 4.78 is 4.57. The Morgan fingerprint density at radius 3 is 2.30 bits per heavy atom. The van der Waals surface area contributed by atoms with Gasteiger partial charge >= 0.3 is 11.9 Å². The molecule has 1 saturated heterocycles. The topological polar surface area (TPSA) is 77.5 Å². The number of ether oxygens (including phenoxy) is 1. The zero-order valence-electron chi connectivity index (χ0n) is 11.8.